The van der Waals surface area contributed by atoms with Gasteiger partial charge in [0.15, 0.2) is 0 Å². The second-order valence-corrected chi connectivity index (χ2v) is 4.15. The predicted octanol–water partition coefficient (Wildman–Crippen LogP) is 1.20. The molecule has 0 aliphatic carbocycles. The molecule has 1 atom stereocenters. The molecule has 0 aromatic heterocycles. The third kappa shape index (κ3) is 7.17. The van der Waals surface area contributed by atoms with Crippen LogP contribution >= 0.6 is 0 Å². The van der Waals surface area contributed by atoms with Crippen molar-refractivity contribution >= 4 is 0 Å². The molecule has 1 N–H and O–H groups in total. The molecular formula is C12H25NO3. The monoisotopic (exact) mass is 231 g/mol. The van der Waals surface area contributed by atoms with Gasteiger partial charge in [-0.25, -0.2) is 0 Å². The minimum absolute atomic E-state index is 0.657. The van der Waals surface area contributed by atoms with Crippen LogP contribution in [0.1, 0.15) is 25.7 Å². The maximum Gasteiger partial charge on any atom is 0.0701 e. The lowest BCUT2D eigenvalue weighted by Gasteiger charge is -2.23. The highest BCUT2D eigenvalue weighted by molar-refractivity contribution is 4.71. The molecule has 1 aliphatic rings. The van der Waals surface area contributed by atoms with E-state index in [1.54, 1.807) is 7.11 Å². The zero-order valence-corrected chi connectivity index (χ0v) is 10.4. The zero-order valence-electron chi connectivity index (χ0n) is 10.4. The second-order valence-electron chi connectivity index (χ2n) is 4.15. The Morgan fingerprint density at radius 1 is 1.00 bits per heavy atom. The van der Waals surface area contributed by atoms with Crippen molar-refractivity contribution < 1.29 is 14.2 Å². The van der Waals surface area contributed by atoms with Gasteiger partial charge in [-0.2, -0.15) is 0 Å². The van der Waals surface area contributed by atoms with E-state index in [1.165, 1.54) is 25.8 Å². The predicted molar refractivity (Wildman–Crippen MR) is 63.8 cm³/mol. The molecule has 1 fully saturated rings. The van der Waals surface area contributed by atoms with Crippen molar-refractivity contribution in [2.45, 2.75) is 31.7 Å². The minimum atomic E-state index is 0.657. The van der Waals surface area contributed by atoms with E-state index in [4.69, 9.17) is 14.2 Å². The molecule has 96 valence electrons. The van der Waals surface area contributed by atoms with Gasteiger partial charge in [-0.15, -0.1) is 0 Å². The summed E-state index contributed by atoms with van der Waals surface area (Å²) in [7, 11) is 1.68. The van der Waals surface area contributed by atoms with Gasteiger partial charge in [0.25, 0.3) is 0 Å². The third-order valence-corrected chi connectivity index (χ3v) is 2.83. The van der Waals surface area contributed by atoms with Crippen molar-refractivity contribution in [1.82, 2.24) is 5.32 Å². The van der Waals surface area contributed by atoms with Crippen LogP contribution in [0.25, 0.3) is 0 Å². The normalized spacial score (nSPS) is 21.2. The van der Waals surface area contributed by atoms with Gasteiger partial charge in [0.05, 0.1) is 26.4 Å². The largest absolute Gasteiger partial charge is 0.382 e. The summed E-state index contributed by atoms with van der Waals surface area (Å²) in [5.74, 6) is 0. The molecular weight excluding hydrogens is 206 g/mol. The van der Waals surface area contributed by atoms with Crippen LogP contribution in [0, 0.1) is 0 Å². The van der Waals surface area contributed by atoms with E-state index in [1.807, 2.05) is 0 Å². The van der Waals surface area contributed by atoms with E-state index < -0.39 is 0 Å². The van der Waals surface area contributed by atoms with E-state index in [0.717, 1.165) is 13.0 Å². The standard InChI is InChI=1S/C12H25NO3/c1-14-8-9-16-11-10-15-7-5-12-4-2-3-6-13-12/h12-13H,2-11H2,1H3/t12-/m0/s1. The van der Waals surface area contributed by atoms with Crippen LogP contribution in [-0.4, -0.2) is 52.7 Å². The maximum atomic E-state index is 5.51. The number of ether oxygens (including phenoxy) is 3. The van der Waals surface area contributed by atoms with Crippen LogP contribution in [0.5, 0.6) is 0 Å². The third-order valence-electron chi connectivity index (χ3n) is 2.83. The van der Waals surface area contributed by atoms with Gasteiger partial charge in [-0.05, 0) is 25.8 Å². The molecule has 0 spiro atoms. The molecule has 0 radical (unpaired) electrons. The molecule has 1 saturated heterocycles. The van der Waals surface area contributed by atoms with E-state index in [2.05, 4.69) is 5.32 Å². The Labute approximate surface area is 98.6 Å². The van der Waals surface area contributed by atoms with Gasteiger partial charge in [0, 0.05) is 19.8 Å². The lowest BCUT2D eigenvalue weighted by Crippen LogP contribution is -2.34. The quantitative estimate of drug-likeness (QED) is 0.605. The first kappa shape index (κ1) is 13.9. The molecule has 0 aromatic carbocycles. The first-order chi connectivity index (χ1) is 7.93. The molecule has 0 aromatic rings. The van der Waals surface area contributed by atoms with Gasteiger partial charge >= 0.3 is 0 Å². The minimum Gasteiger partial charge on any atom is -0.382 e. The number of nitrogens with one attached hydrogen (secondary N) is 1. The fourth-order valence-corrected chi connectivity index (χ4v) is 1.86. The first-order valence-electron chi connectivity index (χ1n) is 6.31. The summed E-state index contributed by atoms with van der Waals surface area (Å²) in [4.78, 5) is 0. The topological polar surface area (TPSA) is 39.7 Å². The Morgan fingerprint density at radius 3 is 2.44 bits per heavy atom. The van der Waals surface area contributed by atoms with Crippen LogP contribution in [0.15, 0.2) is 0 Å². The van der Waals surface area contributed by atoms with Crippen molar-refractivity contribution in [1.29, 1.82) is 0 Å². The zero-order chi connectivity index (χ0) is 11.5. The van der Waals surface area contributed by atoms with Crippen molar-refractivity contribution in [2.75, 3.05) is 46.7 Å². The Morgan fingerprint density at radius 2 is 1.75 bits per heavy atom. The SMILES string of the molecule is COCCOCCOCC[C@@H]1CCCCN1. The molecule has 1 heterocycles. The van der Waals surface area contributed by atoms with Crippen molar-refractivity contribution in [3.8, 4) is 0 Å². The van der Waals surface area contributed by atoms with Crippen molar-refractivity contribution in [2.24, 2.45) is 0 Å². The molecule has 0 saturated carbocycles. The van der Waals surface area contributed by atoms with E-state index in [9.17, 15) is 0 Å². The summed E-state index contributed by atoms with van der Waals surface area (Å²) in [6.45, 7) is 4.68. The summed E-state index contributed by atoms with van der Waals surface area (Å²) >= 11 is 0. The Balaban J connectivity index is 1.77. The smallest absolute Gasteiger partial charge is 0.0701 e. The number of piperidine rings is 1. The number of hydrogen-bond donors (Lipinski definition) is 1. The Hall–Kier alpha value is -0.160. The average molecular weight is 231 g/mol. The second kappa shape index (κ2) is 10.0. The summed E-state index contributed by atoms with van der Waals surface area (Å²) in [5, 5.41) is 3.51. The molecule has 1 rings (SSSR count). The number of methoxy groups -OCH3 is 1. The van der Waals surface area contributed by atoms with Gasteiger partial charge in [0.1, 0.15) is 0 Å². The summed E-state index contributed by atoms with van der Waals surface area (Å²) in [6.07, 6.45) is 5.11. The van der Waals surface area contributed by atoms with Crippen LogP contribution in [0.3, 0.4) is 0 Å². The fraction of sp³-hybridized carbons (Fsp3) is 1.00. The lowest BCUT2D eigenvalue weighted by atomic mass is 10.0. The van der Waals surface area contributed by atoms with Gasteiger partial charge in [-0.3, -0.25) is 0 Å². The molecule has 0 unspecified atom stereocenters. The molecule has 0 amide bonds. The maximum absolute atomic E-state index is 5.51. The van der Waals surface area contributed by atoms with Crippen LogP contribution < -0.4 is 5.32 Å². The first-order valence-corrected chi connectivity index (χ1v) is 6.31. The summed E-state index contributed by atoms with van der Waals surface area (Å²) in [6, 6.07) is 0.670. The molecule has 1 aliphatic heterocycles. The molecule has 0 bridgehead atoms. The van der Waals surface area contributed by atoms with Gasteiger partial charge in [0.2, 0.25) is 0 Å². The average Bonchev–Trinajstić information content (AvgIpc) is 2.34. The lowest BCUT2D eigenvalue weighted by molar-refractivity contribution is 0.0224. The van der Waals surface area contributed by atoms with Crippen LogP contribution in [0.4, 0.5) is 0 Å². The number of rotatable bonds is 9. The van der Waals surface area contributed by atoms with E-state index in [0.29, 0.717) is 32.5 Å². The summed E-state index contributed by atoms with van der Waals surface area (Å²) < 4.78 is 15.7. The molecule has 16 heavy (non-hydrogen) atoms. The van der Waals surface area contributed by atoms with Crippen LogP contribution in [-0.2, 0) is 14.2 Å². The highest BCUT2D eigenvalue weighted by Crippen LogP contribution is 2.09. The van der Waals surface area contributed by atoms with Crippen LogP contribution in [0.2, 0.25) is 0 Å². The van der Waals surface area contributed by atoms with Crippen molar-refractivity contribution in [3.63, 3.8) is 0 Å². The molecule has 4 nitrogen and oxygen atoms in total. The Bertz CT molecular complexity index is 149. The van der Waals surface area contributed by atoms with Gasteiger partial charge < -0.3 is 19.5 Å². The van der Waals surface area contributed by atoms with E-state index >= 15 is 0 Å². The molecule has 4 heteroatoms. The Kier molecular flexibility index (Phi) is 8.71. The van der Waals surface area contributed by atoms with Crippen molar-refractivity contribution in [3.05, 3.63) is 0 Å². The summed E-state index contributed by atoms with van der Waals surface area (Å²) in [5.41, 5.74) is 0. The van der Waals surface area contributed by atoms with E-state index in [-0.39, 0.29) is 0 Å². The highest BCUT2D eigenvalue weighted by Gasteiger charge is 2.11. The number of hydrogen-bond acceptors (Lipinski definition) is 4. The van der Waals surface area contributed by atoms with Gasteiger partial charge in [-0.1, -0.05) is 6.42 Å². The highest BCUT2D eigenvalue weighted by atomic mass is 16.5. The fourth-order valence-electron chi connectivity index (χ4n) is 1.86.